The second kappa shape index (κ2) is 5.91. The van der Waals surface area contributed by atoms with Gasteiger partial charge in [-0.2, -0.15) is 0 Å². The Balaban J connectivity index is 1.41. The molecule has 2 aliphatic rings. The largest absolute Gasteiger partial charge is 0.390 e. The first-order chi connectivity index (χ1) is 11.2. The molecular formula is C18H24N2O3. The van der Waals surface area contributed by atoms with E-state index in [0.29, 0.717) is 6.42 Å². The molecule has 23 heavy (non-hydrogen) atoms. The second-order valence-electron chi connectivity index (χ2n) is 6.97. The summed E-state index contributed by atoms with van der Waals surface area (Å²) in [4.78, 5) is 5.78. The van der Waals surface area contributed by atoms with Crippen molar-refractivity contribution in [2.45, 2.75) is 43.6 Å². The van der Waals surface area contributed by atoms with Gasteiger partial charge in [-0.1, -0.05) is 18.2 Å². The van der Waals surface area contributed by atoms with Gasteiger partial charge < -0.3 is 19.9 Å². The van der Waals surface area contributed by atoms with Crippen LogP contribution in [0.3, 0.4) is 0 Å². The molecule has 124 valence electrons. The summed E-state index contributed by atoms with van der Waals surface area (Å²) in [5.41, 5.74) is 2.30. The molecule has 3 heterocycles. The van der Waals surface area contributed by atoms with Gasteiger partial charge in [-0.15, -0.1) is 0 Å². The molecule has 1 aromatic carbocycles. The maximum atomic E-state index is 9.94. The lowest BCUT2D eigenvalue weighted by molar-refractivity contribution is -0.188. The molecule has 0 radical (unpaired) electrons. The van der Waals surface area contributed by atoms with Crippen LogP contribution < -0.4 is 0 Å². The van der Waals surface area contributed by atoms with Gasteiger partial charge in [0.15, 0.2) is 0 Å². The van der Waals surface area contributed by atoms with Crippen molar-refractivity contribution < 1.29 is 14.9 Å². The number of benzene rings is 1. The highest BCUT2D eigenvalue weighted by molar-refractivity contribution is 5.82. The summed E-state index contributed by atoms with van der Waals surface area (Å²) in [7, 11) is 0. The molecule has 2 aromatic rings. The van der Waals surface area contributed by atoms with Crippen LogP contribution in [0.5, 0.6) is 0 Å². The van der Waals surface area contributed by atoms with E-state index in [2.05, 4.69) is 34.1 Å². The number of hydrogen-bond acceptors (Lipinski definition) is 4. The molecule has 0 unspecified atom stereocenters. The lowest BCUT2D eigenvalue weighted by Gasteiger charge is -2.46. The Morgan fingerprint density at radius 1 is 1.17 bits per heavy atom. The predicted octanol–water partition coefficient (Wildman–Crippen LogP) is 1.64. The minimum Gasteiger partial charge on any atom is -0.390 e. The van der Waals surface area contributed by atoms with Crippen molar-refractivity contribution in [1.82, 2.24) is 9.88 Å². The van der Waals surface area contributed by atoms with Crippen molar-refractivity contribution in [2.75, 3.05) is 19.7 Å². The van der Waals surface area contributed by atoms with Gasteiger partial charge in [0.1, 0.15) is 6.10 Å². The van der Waals surface area contributed by atoms with E-state index >= 15 is 0 Å². The molecule has 0 saturated carbocycles. The van der Waals surface area contributed by atoms with E-state index in [4.69, 9.17) is 4.74 Å². The standard InChI is InChI=1S/C18H24N2O3/c21-15-10-18(23-12-16(15)22)5-8-20(9-6-18)11-14-3-1-2-13-4-7-19-17(13)14/h1-4,7,15-16,19,21-22H,5-6,8-12H2/t15-,16+/m1/s1. The fourth-order valence-electron chi connectivity index (χ4n) is 3.94. The number of rotatable bonds is 2. The van der Waals surface area contributed by atoms with Gasteiger partial charge in [0.25, 0.3) is 0 Å². The quantitative estimate of drug-likeness (QED) is 0.788. The molecule has 2 aliphatic heterocycles. The molecule has 5 nitrogen and oxygen atoms in total. The molecule has 2 saturated heterocycles. The Bertz CT molecular complexity index is 676. The van der Waals surface area contributed by atoms with E-state index < -0.39 is 12.2 Å². The first-order valence-electron chi connectivity index (χ1n) is 8.43. The zero-order valence-electron chi connectivity index (χ0n) is 13.2. The first-order valence-corrected chi connectivity index (χ1v) is 8.43. The molecule has 4 rings (SSSR count). The third-order valence-electron chi connectivity index (χ3n) is 5.42. The zero-order chi connectivity index (χ0) is 15.9. The van der Waals surface area contributed by atoms with Crippen LogP contribution >= 0.6 is 0 Å². The number of nitrogens with one attached hydrogen (secondary N) is 1. The van der Waals surface area contributed by atoms with Crippen molar-refractivity contribution in [1.29, 1.82) is 0 Å². The van der Waals surface area contributed by atoms with Crippen LogP contribution in [0, 0.1) is 0 Å². The molecule has 0 bridgehead atoms. The number of hydrogen-bond donors (Lipinski definition) is 3. The van der Waals surface area contributed by atoms with Crippen molar-refractivity contribution in [3.63, 3.8) is 0 Å². The van der Waals surface area contributed by atoms with Gasteiger partial charge in [0.05, 0.1) is 18.3 Å². The first kappa shape index (κ1) is 15.1. The van der Waals surface area contributed by atoms with Crippen LogP contribution in [0.4, 0.5) is 0 Å². The van der Waals surface area contributed by atoms with Gasteiger partial charge >= 0.3 is 0 Å². The fourth-order valence-corrected chi connectivity index (χ4v) is 3.94. The van der Waals surface area contributed by atoms with Crippen LogP contribution in [0.1, 0.15) is 24.8 Å². The van der Waals surface area contributed by atoms with Crippen molar-refractivity contribution in [3.05, 3.63) is 36.0 Å². The third-order valence-corrected chi connectivity index (χ3v) is 5.42. The number of nitrogens with zero attached hydrogens (tertiary/aromatic N) is 1. The van der Waals surface area contributed by atoms with E-state index in [1.54, 1.807) is 0 Å². The van der Waals surface area contributed by atoms with Crippen LogP contribution in [0.2, 0.25) is 0 Å². The molecule has 3 N–H and O–H groups in total. The summed E-state index contributed by atoms with van der Waals surface area (Å²) >= 11 is 0. The third kappa shape index (κ3) is 2.90. The monoisotopic (exact) mass is 316 g/mol. The van der Waals surface area contributed by atoms with E-state index in [9.17, 15) is 10.2 Å². The SMILES string of the molecule is O[C@@H]1CC2(CCN(Cc3cccc4cc[nH]c34)CC2)OC[C@@H]1O. The highest BCUT2D eigenvalue weighted by Gasteiger charge is 2.42. The van der Waals surface area contributed by atoms with Crippen molar-refractivity contribution >= 4 is 10.9 Å². The van der Waals surface area contributed by atoms with E-state index in [0.717, 1.165) is 32.5 Å². The average molecular weight is 316 g/mol. The summed E-state index contributed by atoms with van der Waals surface area (Å²) in [6, 6.07) is 8.52. The summed E-state index contributed by atoms with van der Waals surface area (Å²) < 4.78 is 5.90. The van der Waals surface area contributed by atoms with Crippen LogP contribution in [-0.4, -0.2) is 57.6 Å². The number of aliphatic hydroxyl groups is 2. The molecule has 5 heteroatoms. The Morgan fingerprint density at radius 3 is 2.78 bits per heavy atom. The lowest BCUT2D eigenvalue weighted by Crippen LogP contribution is -2.54. The number of likely N-dealkylation sites (tertiary alicyclic amines) is 1. The molecule has 2 fully saturated rings. The van der Waals surface area contributed by atoms with Gasteiger partial charge in [-0.25, -0.2) is 0 Å². The maximum Gasteiger partial charge on any atom is 0.103 e. The number of H-pyrrole nitrogens is 1. The molecule has 0 aliphatic carbocycles. The molecule has 2 atom stereocenters. The topological polar surface area (TPSA) is 68.7 Å². The predicted molar refractivity (Wildman–Crippen MR) is 88.1 cm³/mol. The van der Waals surface area contributed by atoms with Crippen molar-refractivity contribution in [3.8, 4) is 0 Å². The van der Waals surface area contributed by atoms with Gasteiger partial charge in [-0.3, -0.25) is 4.90 Å². The minimum atomic E-state index is -0.732. The van der Waals surface area contributed by atoms with E-state index in [1.807, 2.05) is 6.20 Å². The second-order valence-corrected chi connectivity index (χ2v) is 6.97. The minimum absolute atomic E-state index is 0.242. The van der Waals surface area contributed by atoms with Gasteiger partial charge in [0.2, 0.25) is 0 Å². The van der Waals surface area contributed by atoms with Crippen LogP contribution in [0.25, 0.3) is 10.9 Å². The van der Waals surface area contributed by atoms with Crippen LogP contribution in [-0.2, 0) is 11.3 Å². The van der Waals surface area contributed by atoms with Gasteiger partial charge in [-0.05, 0) is 29.9 Å². The Hall–Kier alpha value is -1.40. The fraction of sp³-hybridized carbons (Fsp3) is 0.556. The van der Waals surface area contributed by atoms with E-state index in [-0.39, 0.29) is 12.2 Å². The number of aromatic nitrogens is 1. The smallest absolute Gasteiger partial charge is 0.103 e. The van der Waals surface area contributed by atoms with Crippen LogP contribution in [0.15, 0.2) is 30.5 Å². The molecule has 1 spiro atoms. The van der Waals surface area contributed by atoms with Crippen molar-refractivity contribution in [2.24, 2.45) is 0 Å². The van der Waals surface area contributed by atoms with E-state index in [1.165, 1.54) is 16.5 Å². The summed E-state index contributed by atoms with van der Waals surface area (Å²) in [6.07, 6.45) is 2.98. The Labute approximate surface area is 135 Å². The number of aromatic amines is 1. The average Bonchev–Trinajstić information content (AvgIpc) is 3.04. The molecule has 0 amide bonds. The highest BCUT2D eigenvalue weighted by Crippen LogP contribution is 2.35. The Morgan fingerprint density at radius 2 is 2.00 bits per heavy atom. The number of aliphatic hydroxyl groups excluding tert-OH is 2. The number of fused-ring (bicyclic) bond motifs is 1. The normalized spacial score (nSPS) is 28.4. The highest BCUT2D eigenvalue weighted by atomic mass is 16.5. The summed E-state index contributed by atoms with van der Waals surface area (Å²) in [5.74, 6) is 0. The lowest BCUT2D eigenvalue weighted by atomic mass is 9.82. The number of piperidine rings is 1. The molecule has 1 aromatic heterocycles. The number of para-hydroxylation sites is 1. The van der Waals surface area contributed by atoms with Gasteiger partial charge in [0, 0.05) is 37.8 Å². The summed E-state index contributed by atoms with van der Waals surface area (Å²) in [6.45, 7) is 3.10. The zero-order valence-corrected chi connectivity index (χ0v) is 13.2. The summed E-state index contributed by atoms with van der Waals surface area (Å²) in [5, 5.41) is 20.8. The molecular weight excluding hydrogens is 292 g/mol. The maximum absolute atomic E-state index is 9.94. The Kier molecular flexibility index (Phi) is 3.89. The number of ether oxygens (including phenoxy) is 1.